The second-order valence-electron chi connectivity index (χ2n) is 3.39. The van der Waals surface area contributed by atoms with Crippen LogP contribution >= 0.6 is 0 Å². The van der Waals surface area contributed by atoms with Crippen LogP contribution in [-0.4, -0.2) is 14.2 Å². The van der Waals surface area contributed by atoms with Gasteiger partial charge in [0, 0.05) is 6.42 Å². The van der Waals surface area contributed by atoms with Crippen molar-refractivity contribution in [1.29, 1.82) is 0 Å². The fourth-order valence-electron chi connectivity index (χ4n) is 1.53. The molecule has 2 rings (SSSR count). The van der Waals surface area contributed by atoms with Crippen LogP contribution in [0.25, 0.3) is 0 Å². The molecule has 0 atom stereocenters. The normalized spacial score (nSPS) is 16.5. The van der Waals surface area contributed by atoms with Crippen molar-refractivity contribution in [3.8, 4) is 0 Å². The minimum Gasteiger partial charge on any atom is -0.295 e. The van der Waals surface area contributed by atoms with Crippen molar-refractivity contribution in [2.24, 2.45) is 0 Å². The van der Waals surface area contributed by atoms with Crippen molar-refractivity contribution in [2.45, 2.75) is 17.7 Å². The molecule has 15 heavy (non-hydrogen) atoms. The smallest absolute Gasteiger partial charge is 0.202 e. The van der Waals surface area contributed by atoms with Crippen LogP contribution in [0.15, 0.2) is 46.2 Å². The van der Waals surface area contributed by atoms with E-state index in [0.29, 0.717) is 12.8 Å². The highest BCUT2D eigenvalue weighted by Crippen LogP contribution is 2.26. The standard InChI is InChI=1S/C11H10O3S/c12-9-6-7-11(8-9)15(13,14)10-4-2-1-3-5-10/h1-5,8H,6-7H2. The van der Waals surface area contributed by atoms with E-state index in [1.54, 1.807) is 30.3 Å². The maximum atomic E-state index is 12.0. The molecule has 0 fully saturated rings. The van der Waals surface area contributed by atoms with E-state index < -0.39 is 9.84 Å². The van der Waals surface area contributed by atoms with Crippen LogP contribution in [0.5, 0.6) is 0 Å². The zero-order chi connectivity index (χ0) is 10.9. The molecule has 0 unspecified atom stereocenters. The van der Waals surface area contributed by atoms with E-state index in [-0.39, 0.29) is 15.6 Å². The molecule has 0 amide bonds. The summed E-state index contributed by atoms with van der Waals surface area (Å²) >= 11 is 0. The molecule has 0 N–H and O–H groups in total. The third-order valence-electron chi connectivity index (χ3n) is 2.34. The molecule has 0 spiro atoms. The van der Waals surface area contributed by atoms with Crippen LogP contribution in [0.2, 0.25) is 0 Å². The summed E-state index contributed by atoms with van der Waals surface area (Å²) < 4.78 is 23.9. The predicted molar refractivity (Wildman–Crippen MR) is 56.0 cm³/mol. The van der Waals surface area contributed by atoms with Gasteiger partial charge in [0.1, 0.15) is 0 Å². The molecule has 4 heteroatoms. The van der Waals surface area contributed by atoms with Crippen LogP contribution < -0.4 is 0 Å². The van der Waals surface area contributed by atoms with E-state index in [1.807, 2.05) is 0 Å². The van der Waals surface area contributed by atoms with E-state index >= 15 is 0 Å². The number of carbonyl (C=O) groups excluding carboxylic acids is 1. The Labute approximate surface area is 88.3 Å². The molecule has 1 aromatic rings. The van der Waals surface area contributed by atoms with Crippen molar-refractivity contribution >= 4 is 15.6 Å². The van der Waals surface area contributed by atoms with Crippen molar-refractivity contribution < 1.29 is 13.2 Å². The van der Waals surface area contributed by atoms with Gasteiger partial charge in [-0.25, -0.2) is 8.42 Å². The van der Waals surface area contributed by atoms with Crippen LogP contribution in [0, 0.1) is 0 Å². The summed E-state index contributed by atoms with van der Waals surface area (Å²) in [6, 6.07) is 8.18. The predicted octanol–water partition coefficient (Wildman–Crippen LogP) is 1.71. The van der Waals surface area contributed by atoms with Gasteiger partial charge in [0.2, 0.25) is 9.84 Å². The SMILES string of the molecule is O=C1C=C(S(=O)(=O)c2ccccc2)CC1. The molecular weight excluding hydrogens is 212 g/mol. The van der Waals surface area contributed by atoms with Crippen LogP contribution in [0.4, 0.5) is 0 Å². The van der Waals surface area contributed by atoms with Crippen LogP contribution in [0.1, 0.15) is 12.8 Å². The first kappa shape index (κ1) is 10.1. The molecule has 0 saturated carbocycles. The van der Waals surface area contributed by atoms with E-state index in [9.17, 15) is 13.2 Å². The Kier molecular flexibility index (Phi) is 2.44. The topological polar surface area (TPSA) is 51.2 Å². The van der Waals surface area contributed by atoms with Crippen LogP contribution in [0.3, 0.4) is 0 Å². The molecule has 1 aliphatic rings. The maximum absolute atomic E-state index is 12.0. The lowest BCUT2D eigenvalue weighted by Gasteiger charge is -2.03. The largest absolute Gasteiger partial charge is 0.295 e. The third-order valence-corrected chi connectivity index (χ3v) is 4.24. The number of hydrogen-bond acceptors (Lipinski definition) is 3. The monoisotopic (exact) mass is 222 g/mol. The zero-order valence-corrected chi connectivity index (χ0v) is 8.83. The molecule has 1 aromatic carbocycles. The van der Waals surface area contributed by atoms with Crippen molar-refractivity contribution in [2.75, 3.05) is 0 Å². The summed E-state index contributed by atoms with van der Waals surface area (Å²) in [5, 5.41) is 0. The van der Waals surface area contributed by atoms with E-state index in [4.69, 9.17) is 0 Å². The Balaban J connectivity index is 2.45. The Bertz CT molecular complexity index is 512. The van der Waals surface area contributed by atoms with Gasteiger partial charge < -0.3 is 0 Å². The molecule has 3 nitrogen and oxygen atoms in total. The average molecular weight is 222 g/mol. The van der Waals surface area contributed by atoms with Gasteiger partial charge in [0.05, 0.1) is 9.80 Å². The van der Waals surface area contributed by atoms with Crippen molar-refractivity contribution in [3.63, 3.8) is 0 Å². The molecule has 0 bridgehead atoms. The lowest BCUT2D eigenvalue weighted by atomic mass is 10.3. The minimum atomic E-state index is -3.43. The summed E-state index contributed by atoms with van der Waals surface area (Å²) in [6.45, 7) is 0. The first-order valence-electron chi connectivity index (χ1n) is 4.64. The van der Waals surface area contributed by atoms with E-state index in [1.165, 1.54) is 6.08 Å². The van der Waals surface area contributed by atoms with Gasteiger partial charge >= 0.3 is 0 Å². The van der Waals surface area contributed by atoms with E-state index in [0.717, 1.165) is 0 Å². The molecule has 0 radical (unpaired) electrons. The van der Waals surface area contributed by atoms with Gasteiger partial charge in [-0.15, -0.1) is 0 Å². The zero-order valence-electron chi connectivity index (χ0n) is 8.01. The van der Waals surface area contributed by atoms with Crippen molar-refractivity contribution in [3.05, 3.63) is 41.3 Å². The third kappa shape index (κ3) is 1.85. The summed E-state index contributed by atoms with van der Waals surface area (Å²) in [7, 11) is -3.43. The summed E-state index contributed by atoms with van der Waals surface area (Å²) in [5.74, 6) is -0.107. The Hall–Kier alpha value is -1.42. The Morgan fingerprint density at radius 1 is 1.00 bits per heavy atom. The van der Waals surface area contributed by atoms with Gasteiger partial charge in [-0.2, -0.15) is 0 Å². The molecule has 0 saturated heterocycles. The fourth-order valence-corrected chi connectivity index (χ4v) is 3.01. The molecule has 0 heterocycles. The summed E-state index contributed by atoms with van der Waals surface area (Å²) in [4.78, 5) is 11.5. The number of allylic oxidation sites excluding steroid dienone is 2. The van der Waals surface area contributed by atoms with Crippen LogP contribution in [-0.2, 0) is 14.6 Å². The quantitative estimate of drug-likeness (QED) is 0.765. The van der Waals surface area contributed by atoms with E-state index in [2.05, 4.69) is 0 Å². The average Bonchev–Trinajstić information content (AvgIpc) is 2.67. The first-order valence-corrected chi connectivity index (χ1v) is 6.12. The van der Waals surface area contributed by atoms with Crippen molar-refractivity contribution in [1.82, 2.24) is 0 Å². The Morgan fingerprint density at radius 2 is 1.67 bits per heavy atom. The van der Waals surface area contributed by atoms with Gasteiger partial charge in [0.25, 0.3) is 0 Å². The number of hydrogen-bond donors (Lipinski definition) is 0. The lowest BCUT2D eigenvalue weighted by Crippen LogP contribution is -2.02. The summed E-state index contributed by atoms with van der Waals surface area (Å²) in [6.07, 6.45) is 1.87. The van der Waals surface area contributed by atoms with Gasteiger partial charge in [0.15, 0.2) is 5.78 Å². The highest BCUT2D eigenvalue weighted by Gasteiger charge is 2.25. The molecule has 1 aliphatic carbocycles. The molecule has 0 aliphatic heterocycles. The second-order valence-corrected chi connectivity index (χ2v) is 5.40. The number of rotatable bonds is 2. The molecular formula is C11H10O3S. The molecule has 78 valence electrons. The number of ketones is 1. The summed E-state index contributed by atoms with van der Waals surface area (Å²) in [5.41, 5.74) is 0. The second kappa shape index (κ2) is 3.62. The lowest BCUT2D eigenvalue weighted by molar-refractivity contribution is -0.114. The van der Waals surface area contributed by atoms with Gasteiger partial charge in [-0.05, 0) is 24.6 Å². The highest BCUT2D eigenvalue weighted by molar-refractivity contribution is 7.95. The van der Waals surface area contributed by atoms with Gasteiger partial charge in [-0.3, -0.25) is 4.79 Å². The maximum Gasteiger partial charge on any atom is 0.202 e. The number of benzene rings is 1. The first-order chi connectivity index (χ1) is 7.10. The number of sulfone groups is 1. The fraction of sp³-hybridized carbons (Fsp3) is 0.182. The molecule has 0 aromatic heterocycles. The number of carbonyl (C=O) groups is 1. The van der Waals surface area contributed by atoms with Gasteiger partial charge in [-0.1, -0.05) is 18.2 Å². The minimum absolute atomic E-state index is 0.107. The highest BCUT2D eigenvalue weighted by atomic mass is 32.2. The Morgan fingerprint density at radius 3 is 2.20 bits per heavy atom.